The Labute approximate surface area is 187 Å². The van der Waals surface area contributed by atoms with Gasteiger partial charge in [0.25, 0.3) is 0 Å². The molecule has 7 heteroatoms. The summed E-state index contributed by atoms with van der Waals surface area (Å²) in [4.78, 5) is 6.82. The van der Waals surface area contributed by atoms with Crippen molar-refractivity contribution in [3.63, 3.8) is 0 Å². The molecule has 0 amide bonds. The van der Waals surface area contributed by atoms with E-state index in [1.54, 1.807) is 24.3 Å². The predicted octanol–water partition coefficient (Wildman–Crippen LogP) is 4.62. The Morgan fingerprint density at radius 3 is 2.87 bits per heavy atom. The van der Waals surface area contributed by atoms with Crippen LogP contribution >= 0.6 is 12.1 Å². The van der Waals surface area contributed by atoms with Gasteiger partial charge in [-0.25, -0.2) is 14.1 Å². The molecule has 3 heterocycles. The first-order valence-corrected chi connectivity index (χ1v) is 11.6. The van der Waals surface area contributed by atoms with Crippen LogP contribution in [0.4, 0.5) is 10.1 Å². The number of halogens is 1. The Balaban J connectivity index is 1.31. The van der Waals surface area contributed by atoms with Crippen LogP contribution in [0.3, 0.4) is 0 Å². The number of nitrogens with zero attached hydrogens (tertiary/aromatic N) is 4. The molecule has 0 bridgehead atoms. The first-order chi connectivity index (χ1) is 15.0. The van der Waals surface area contributed by atoms with E-state index in [0.717, 1.165) is 43.9 Å². The summed E-state index contributed by atoms with van der Waals surface area (Å²) in [6.07, 6.45) is 5.85. The number of aromatic nitrogens is 2. The van der Waals surface area contributed by atoms with Crippen LogP contribution in [0.1, 0.15) is 25.3 Å². The highest BCUT2D eigenvalue weighted by Crippen LogP contribution is 2.43. The largest absolute Gasteiger partial charge is 0.334 e. The number of likely N-dealkylation sites (tertiary alicyclic amines) is 1. The smallest absolute Gasteiger partial charge is 0.125 e. The Morgan fingerprint density at radius 2 is 2.10 bits per heavy atom. The van der Waals surface area contributed by atoms with Gasteiger partial charge in [0.1, 0.15) is 5.82 Å². The van der Waals surface area contributed by atoms with Gasteiger partial charge in [0, 0.05) is 50.4 Å². The molecule has 2 aromatic carbocycles. The lowest BCUT2D eigenvalue weighted by Gasteiger charge is -2.47. The second kappa shape index (κ2) is 8.30. The number of hydrogen-bond donors (Lipinski definition) is 1. The molecule has 5 nitrogen and oxygen atoms in total. The summed E-state index contributed by atoms with van der Waals surface area (Å²) >= 11 is 1.61. The molecule has 0 radical (unpaired) electrons. The number of piperidine rings is 1. The van der Waals surface area contributed by atoms with E-state index in [-0.39, 0.29) is 11.4 Å². The minimum atomic E-state index is -0.182. The molecule has 5 rings (SSSR count). The maximum absolute atomic E-state index is 13.8. The summed E-state index contributed by atoms with van der Waals surface area (Å²) in [7, 11) is 2.03. The summed E-state index contributed by atoms with van der Waals surface area (Å²) in [5, 5.41) is 0. The second-order valence-electron chi connectivity index (χ2n) is 8.77. The van der Waals surface area contributed by atoms with Crippen molar-refractivity contribution in [2.45, 2.75) is 37.9 Å². The molecule has 2 saturated heterocycles. The van der Waals surface area contributed by atoms with Crippen molar-refractivity contribution in [2.24, 2.45) is 7.05 Å². The average Bonchev–Trinajstić information content (AvgIpc) is 3.37. The third kappa shape index (κ3) is 3.97. The van der Waals surface area contributed by atoms with E-state index in [1.807, 2.05) is 25.6 Å². The third-order valence-corrected chi connectivity index (χ3v) is 7.67. The highest BCUT2D eigenvalue weighted by atomic mass is 32.2. The topological polar surface area (TPSA) is 36.3 Å². The van der Waals surface area contributed by atoms with Gasteiger partial charge < -0.3 is 4.57 Å². The minimum absolute atomic E-state index is 0.0188. The first kappa shape index (κ1) is 20.5. The molecule has 1 spiro atoms. The van der Waals surface area contributed by atoms with E-state index in [2.05, 4.69) is 54.7 Å². The zero-order valence-corrected chi connectivity index (χ0v) is 18.8. The average molecular weight is 438 g/mol. The van der Waals surface area contributed by atoms with Crippen LogP contribution in [-0.2, 0) is 13.6 Å². The van der Waals surface area contributed by atoms with Gasteiger partial charge in [-0.3, -0.25) is 9.21 Å². The molecular formula is C24H28FN5S. The summed E-state index contributed by atoms with van der Waals surface area (Å²) in [5.41, 5.74) is 4.62. The number of imidazole rings is 1. The van der Waals surface area contributed by atoms with Gasteiger partial charge in [-0.15, -0.1) is 0 Å². The van der Waals surface area contributed by atoms with E-state index < -0.39 is 0 Å². The Morgan fingerprint density at radius 1 is 1.23 bits per heavy atom. The van der Waals surface area contributed by atoms with E-state index in [1.165, 1.54) is 17.2 Å². The summed E-state index contributed by atoms with van der Waals surface area (Å²) in [6, 6.07) is 16.2. The number of aryl methyl sites for hydroxylation is 1. The normalized spacial score (nSPS) is 24.2. The van der Waals surface area contributed by atoms with Gasteiger partial charge in [-0.1, -0.05) is 24.3 Å². The van der Waals surface area contributed by atoms with Crippen molar-refractivity contribution in [3.8, 4) is 11.3 Å². The van der Waals surface area contributed by atoms with E-state index in [4.69, 9.17) is 0 Å². The minimum Gasteiger partial charge on any atom is -0.334 e. The molecule has 1 aromatic heterocycles. The number of hydrogen-bond acceptors (Lipinski definition) is 5. The predicted molar refractivity (Wildman–Crippen MR) is 125 cm³/mol. The fraction of sp³-hybridized carbons (Fsp3) is 0.375. The monoisotopic (exact) mass is 437 g/mol. The lowest BCUT2D eigenvalue weighted by Crippen LogP contribution is -2.56. The van der Waals surface area contributed by atoms with E-state index in [0.29, 0.717) is 6.04 Å². The van der Waals surface area contributed by atoms with Crippen LogP contribution in [0.25, 0.3) is 11.3 Å². The van der Waals surface area contributed by atoms with Gasteiger partial charge in [-0.05, 0) is 49.6 Å². The summed E-state index contributed by atoms with van der Waals surface area (Å²) < 4.78 is 21.7. The first-order valence-electron chi connectivity index (χ1n) is 10.8. The third-order valence-electron chi connectivity index (χ3n) is 6.62. The van der Waals surface area contributed by atoms with Crippen molar-refractivity contribution >= 4 is 17.8 Å². The van der Waals surface area contributed by atoms with Crippen molar-refractivity contribution in [2.75, 3.05) is 17.4 Å². The van der Waals surface area contributed by atoms with Gasteiger partial charge >= 0.3 is 0 Å². The van der Waals surface area contributed by atoms with Crippen molar-refractivity contribution < 1.29 is 4.39 Å². The Hall–Kier alpha value is -2.35. The molecule has 2 atom stereocenters. The van der Waals surface area contributed by atoms with Crippen LogP contribution < -0.4 is 9.03 Å². The van der Waals surface area contributed by atoms with E-state index >= 15 is 0 Å². The molecule has 3 aromatic rings. The molecule has 0 aliphatic carbocycles. The van der Waals surface area contributed by atoms with Crippen LogP contribution in [0.2, 0.25) is 0 Å². The quantitative estimate of drug-likeness (QED) is 0.603. The van der Waals surface area contributed by atoms with Gasteiger partial charge in [0.05, 0.1) is 29.4 Å². The zero-order valence-electron chi connectivity index (χ0n) is 18.0. The SMILES string of the molecule is C[C@H]1C[C@]2(CCN1Cc1cccc(-c3cncn3C)c1)CNSN2c1cccc(F)c1. The van der Waals surface area contributed by atoms with Crippen molar-refractivity contribution in [1.82, 2.24) is 19.2 Å². The molecule has 0 saturated carbocycles. The molecule has 162 valence electrons. The summed E-state index contributed by atoms with van der Waals surface area (Å²) in [6.45, 7) is 5.19. The second-order valence-corrected chi connectivity index (χ2v) is 9.61. The fourth-order valence-electron chi connectivity index (χ4n) is 4.96. The molecule has 2 aliphatic rings. The number of anilines is 1. The standard InChI is InChI=1S/C24H28FN5S/c1-18-13-24(16-27-31-30(24)22-8-4-7-21(25)12-22)9-10-29(18)15-19-5-3-6-20(11-19)23-14-26-17-28(23)2/h3-8,11-12,14,17-18,27H,9-10,13,15-16H2,1-2H3/t18-,24+/m0/s1. The number of rotatable bonds is 4. The molecule has 2 aliphatic heterocycles. The maximum Gasteiger partial charge on any atom is 0.125 e. The Kier molecular flexibility index (Phi) is 5.50. The van der Waals surface area contributed by atoms with Crippen LogP contribution in [-0.4, -0.2) is 39.1 Å². The molecule has 0 unspecified atom stereocenters. The molecule has 2 fully saturated rings. The zero-order chi connectivity index (χ0) is 21.4. The molecular weight excluding hydrogens is 409 g/mol. The van der Waals surface area contributed by atoms with Crippen LogP contribution in [0, 0.1) is 5.82 Å². The van der Waals surface area contributed by atoms with Gasteiger partial charge in [-0.2, -0.15) is 0 Å². The number of benzene rings is 2. The summed E-state index contributed by atoms with van der Waals surface area (Å²) in [5.74, 6) is -0.182. The maximum atomic E-state index is 13.8. The highest BCUT2D eigenvalue weighted by molar-refractivity contribution is 7.99. The lowest BCUT2D eigenvalue weighted by atomic mass is 9.83. The highest BCUT2D eigenvalue weighted by Gasteiger charge is 2.46. The van der Waals surface area contributed by atoms with Gasteiger partial charge in [0.2, 0.25) is 0 Å². The van der Waals surface area contributed by atoms with E-state index in [9.17, 15) is 4.39 Å². The van der Waals surface area contributed by atoms with Gasteiger partial charge in [0.15, 0.2) is 0 Å². The van der Waals surface area contributed by atoms with Crippen LogP contribution in [0.15, 0.2) is 61.1 Å². The van der Waals surface area contributed by atoms with Crippen molar-refractivity contribution in [1.29, 1.82) is 0 Å². The fourth-order valence-corrected chi connectivity index (χ4v) is 6.07. The Bertz CT molecular complexity index is 1070. The lowest BCUT2D eigenvalue weighted by molar-refractivity contribution is 0.106. The van der Waals surface area contributed by atoms with Crippen molar-refractivity contribution in [3.05, 3.63) is 72.4 Å². The molecule has 1 N–H and O–H groups in total. The molecule has 31 heavy (non-hydrogen) atoms. The number of nitrogens with one attached hydrogen (secondary N) is 1. The van der Waals surface area contributed by atoms with Crippen LogP contribution in [0.5, 0.6) is 0 Å².